The van der Waals surface area contributed by atoms with Crippen molar-refractivity contribution in [1.29, 1.82) is 0 Å². The normalized spacial score (nSPS) is 20.2. The highest BCUT2D eigenvalue weighted by atomic mass is 35.5. The molecular weight excluding hydrogens is 320 g/mol. The molecule has 0 radical (unpaired) electrons. The van der Waals surface area contributed by atoms with E-state index in [9.17, 15) is 4.79 Å². The number of nitrogens with one attached hydrogen (secondary N) is 1. The van der Waals surface area contributed by atoms with Crippen molar-refractivity contribution in [3.63, 3.8) is 0 Å². The minimum Gasteiger partial charge on any atom is -0.461 e. The molecule has 2 heterocycles. The number of furan rings is 1. The molecule has 1 aliphatic rings. The summed E-state index contributed by atoms with van der Waals surface area (Å²) in [6.07, 6.45) is 5.53. The monoisotopic (exact) mass is 340 g/mol. The summed E-state index contributed by atoms with van der Waals surface area (Å²) in [5, 5.41) is 6.89. The number of nitrogens with two attached hydrogens (primary N) is 1. The average Bonchev–Trinajstić information content (AvgIpc) is 3.25. The Morgan fingerprint density at radius 1 is 1.43 bits per heavy atom. The van der Waals surface area contributed by atoms with E-state index in [0.717, 1.165) is 19.3 Å². The number of nitrogens with zero attached hydrogens (tertiary/aromatic N) is 2. The van der Waals surface area contributed by atoms with E-state index >= 15 is 0 Å². The van der Waals surface area contributed by atoms with Crippen molar-refractivity contribution in [3.8, 4) is 11.6 Å². The summed E-state index contributed by atoms with van der Waals surface area (Å²) in [5.41, 5.74) is 5.72. The van der Waals surface area contributed by atoms with Crippen molar-refractivity contribution < 1.29 is 13.7 Å². The summed E-state index contributed by atoms with van der Waals surface area (Å²) in [7, 11) is 0. The van der Waals surface area contributed by atoms with E-state index in [1.807, 2.05) is 0 Å². The van der Waals surface area contributed by atoms with Gasteiger partial charge in [0.2, 0.25) is 17.6 Å². The summed E-state index contributed by atoms with van der Waals surface area (Å²) in [6, 6.07) is 3.72. The van der Waals surface area contributed by atoms with Gasteiger partial charge in [-0.2, -0.15) is 4.98 Å². The summed E-state index contributed by atoms with van der Waals surface area (Å²) < 4.78 is 10.3. The van der Waals surface area contributed by atoms with Crippen LogP contribution in [0.15, 0.2) is 27.3 Å². The van der Waals surface area contributed by atoms with Gasteiger partial charge in [0.1, 0.15) is 0 Å². The second-order valence-electron chi connectivity index (χ2n) is 5.59. The van der Waals surface area contributed by atoms with Crippen LogP contribution in [-0.4, -0.2) is 28.6 Å². The van der Waals surface area contributed by atoms with Crippen LogP contribution >= 0.6 is 12.4 Å². The molecule has 0 aliphatic heterocycles. The Hall–Kier alpha value is -1.86. The maximum absolute atomic E-state index is 12.0. The van der Waals surface area contributed by atoms with E-state index in [4.69, 9.17) is 14.7 Å². The lowest BCUT2D eigenvalue weighted by Crippen LogP contribution is -2.39. The Bertz CT molecular complexity index is 614. The van der Waals surface area contributed by atoms with Gasteiger partial charge in [-0.1, -0.05) is 11.6 Å². The van der Waals surface area contributed by atoms with E-state index in [0.29, 0.717) is 42.8 Å². The van der Waals surface area contributed by atoms with Gasteiger partial charge in [-0.3, -0.25) is 4.79 Å². The summed E-state index contributed by atoms with van der Waals surface area (Å²) >= 11 is 0. The van der Waals surface area contributed by atoms with Crippen LogP contribution in [0.2, 0.25) is 0 Å². The van der Waals surface area contributed by atoms with Crippen LogP contribution in [0.25, 0.3) is 11.6 Å². The fourth-order valence-corrected chi connectivity index (χ4v) is 2.87. The zero-order valence-corrected chi connectivity index (χ0v) is 13.6. The summed E-state index contributed by atoms with van der Waals surface area (Å²) in [6.45, 7) is 0.626. The number of rotatable bonds is 6. The van der Waals surface area contributed by atoms with E-state index in [1.165, 1.54) is 0 Å². The molecule has 8 heteroatoms. The van der Waals surface area contributed by atoms with Crippen molar-refractivity contribution in [1.82, 2.24) is 15.5 Å². The van der Waals surface area contributed by atoms with Crippen molar-refractivity contribution in [3.05, 3.63) is 24.3 Å². The highest BCUT2D eigenvalue weighted by molar-refractivity contribution is 5.85. The van der Waals surface area contributed by atoms with Gasteiger partial charge in [-0.25, -0.2) is 0 Å². The van der Waals surface area contributed by atoms with Crippen LogP contribution in [0.3, 0.4) is 0 Å². The number of halogens is 1. The molecule has 2 unspecified atom stereocenters. The van der Waals surface area contributed by atoms with E-state index < -0.39 is 0 Å². The number of amides is 1. The first-order valence-electron chi connectivity index (χ1n) is 7.62. The molecule has 1 fully saturated rings. The van der Waals surface area contributed by atoms with Crippen LogP contribution < -0.4 is 11.1 Å². The molecule has 3 N–H and O–H groups in total. The molecule has 3 rings (SSSR count). The highest BCUT2D eigenvalue weighted by Crippen LogP contribution is 2.24. The predicted molar refractivity (Wildman–Crippen MR) is 85.9 cm³/mol. The molecule has 0 bridgehead atoms. The van der Waals surface area contributed by atoms with Gasteiger partial charge in [0, 0.05) is 18.9 Å². The van der Waals surface area contributed by atoms with E-state index in [-0.39, 0.29) is 24.4 Å². The van der Waals surface area contributed by atoms with E-state index in [1.54, 1.807) is 18.4 Å². The minimum atomic E-state index is 0. The number of hydrogen-bond acceptors (Lipinski definition) is 6. The highest BCUT2D eigenvalue weighted by Gasteiger charge is 2.27. The minimum absolute atomic E-state index is 0. The van der Waals surface area contributed by atoms with Crippen LogP contribution in [-0.2, 0) is 11.2 Å². The Morgan fingerprint density at radius 2 is 2.30 bits per heavy atom. The molecule has 2 aromatic heterocycles. The molecule has 1 saturated carbocycles. The van der Waals surface area contributed by atoms with E-state index in [2.05, 4.69) is 15.5 Å². The van der Waals surface area contributed by atoms with Crippen molar-refractivity contribution in [2.24, 2.45) is 11.7 Å². The van der Waals surface area contributed by atoms with Crippen LogP contribution in [0.1, 0.15) is 31.6 Å². The van der Waals surface area contributed by atoms with Crippen LogP contribution in [0, 0.1) is 5.92 Å². The number of carbonyl (C=O) groups excluding carboxylic acids is 1. The molecule has 1 aliphatic carbocycles. The lowest BCUT2D eigenvalue weighted by Gasteiger charge is -2.19. The van der Waals surface area contributed by atoms with Crippen molar-refractivity contribution in [2.45, 2.75) is 38.1 Å². The van der Waals surface area contributed by atoms with Gasteiger partial charge in [0.05, 0.1) is 6.26 Å². The molecule has 23 heavy (non-hydrogen) atoms. The lowest BCUT2D eigenvalue weighted by molar-refractivity contribution is -0.122. The maximum Gasteiger partial charge on any atom is 0.238 e. The predicted octanol–water partition coefficient (Wildman–Crippen LogP) is 1.93. The smallest absolute Gasteiger partial charge is 0.238 e. The quantitative estimate of drug-likeness (QED) is 0.832. The maximum atomic E-state index is 12.0. The van der Waals surface area contributed by atoms with Gasteiger partial charge in [0.15, 0.2) is 5.76 Å². The number of aromatic nitrogens is 2. The Labute approximate surface area is 140 Å². The fraction of sp³-hybridized carbons (Fsp3) is 0.533. The van der Waals surface area contributed by atoms with Gasteiger partial charge in [0.25, 0.3) is 0 Å². The van der Waals surface area contributed by atoms with Crippen LogP contribution in [0.5, 0.6) is 0 Å². The zero-order valence-electron chi connectivity index (χ0n) is 12.7. The first-order valence-corrected chi connectivity index (χ1v) is 7.62. The average molecular weight is 341 g/mol. The molecule has 126 valence electrons. The van der Waals surface area contributed by atoms with Crippen molar-refractivity contribution in [2.75, 3.05) is 6.54 Å². The topological polar surface area (TPSA) is 107 Å². The van der Waals surface area contributed by atoms with Gasteiger partial charge in [-0.05, 0) is 37.4 Å². The van der Waals surface area contributed by atoms with Gasteiger partial charge < -0.3 is 20.0 Å². The first-order chi connectivity index (χ1) is 10.8. The van der Waals surface area contributed by atoms with Gasteiger partial charge in [-0.15, -0.1) is 12.4 Å². The first kappa shape index (κ1) is 17.5. The SMILES string of the molecule is Cl.NCC1CCCC1NC(=O)CCc1nc(-c2ccco2)no1. The molecular formula is C15H21ClN4O3. The number of aryl methyl sites for hydroxylation is 1. The molecule has 0 saturated heterocycles. The molecule has 1 amide bonds. The van der Waals surface area contributed by atoms with Crippen LogP contribution in [0.4, 0.5) is 0 Å². The Balaban J connectivity index is 0.00000192. The third-order valence-electron chi connectivity index (χ3n) is 4.08. The molecule has 7 nitrogen and oxygen atoms in total. The second kappa shape index (κ2) is 8.12. The summed E-state index contributed by atoms with van der Waals surface area (Å²) in [5.74, 6) is 1.79. The Morgan fingerprint density at radius 3 is 3.04 bits per heavy atom. The number of carbonyl (C=O) groups is 1. The van der Waals surface area contributed by atoms with Crippen molar-refractivity contribution >= 4 is 18.3 Å². The lowest BCUT2D eigenvalue weighted by atomic mass is 10.0. The standard InChI is InChI=1S/C15H20N4O3.ClH/c16-9-10-3-1-4-11(10)17-13(20)6-7-14-18-15(19-22-14)12-5-2-8-21-12;/h2,5,8,10-11H,1,3-4,6-7,9,16H2,(H,17,20);1H. The number of hydrogen-bond donors (Lipinski definition) is 2. The van der Waals surface area contributed by atoms with Gasteiger partial charge >= 0.3 is 0 Å². The molecule has 0 spiro atoms. The molecule has 2 aromatic rings. The largest absolute Gasteiger partial charge is 0.461 e. The summed E-state index contributed by atoms with van der Waals surface area (Å²) in [4.78, 5) is 16.2. The fourth-order valence-electron chi connectivity index (χ4n) is 2.87. The Kier molecular flexibility index (Phi) is 6.18. The molecule has 0 aromatic carbocycles. The third-order valence-corrected chi connectivity index (χ3v) is 4.08. The second-order valence-corrected chi connectivity index (χ2v) is 5.59. The molecule has 2 atom stereocenters. The third kappa shape index (κ3) is 4.33. The zero-order chi connectivity index (χ0) is 15.4.